The fourth-order valence-corrected chi connectivity index (χ4v) is 4.20. The van der Waals surface area contributed by atoms with Crippen molar-refractivity contribution < 1.29 is 5.48 Å². The number of hydrogen-bond acceptors (Lipinski definition) is 1. The van der Waals surface area contributed by atoms with E-state index in [0.717, 1.165) is 4.48 Å². The molecule has 0 radical (unpaired) electrons. The van der Waals surface area contributed by atoms with E-state index in [9.17, 15) is 0 Å². The minimum absolute atomic E-state index is 0. The van der Waals surface area contributed by atoms with E-state index >= 15 is 0 Å². The molecule has 0 heterocycles. The van der Waals surface area contributed by atoms with Gasteiger partial charge in [-0.1, -0.05) is 101 Å². The van der Waals surface area contributed by atoms with Crippen LogP contribution in [0.15, 0.2) is 42.5 Å². The highest BCUT2D eigenvalue weighted by atomic mass is 16.0. The molecule has 2 aromatic carbocycles. The molecule has 0 bridgehead atoms. The van der Waals surface area contributed by atoms with Gasteiger partial charge < -0.3 is 5.48 Å². The quantitative estimate of drug-likeness (QED) is 0.240. The molecule has 0 aliphatic rings. The van der Waals surface area contributed by atoms with Gasteiger partial charge >= 0.3 is 0 Å². The number of unbranched alkanes of at least 4 members (excludes halogenated alkanes) is 11. The van der Waals surface area contributed by atoms with E-state index in [0.29, 0.717) is 0 Å². The third-order valence-electron chi connectivity index (χ3n) is 5.99. The first kappa shape index (κ1) is 24.7. The van der Waals surface area contributed by atoms with Crippen LogP contribution in [0.2, 0.25) is 0 Å². The maximum atomic E-state index is 2.36. The first-order valence-corrected chi connectivity index (χ1v) is 11.5. The average Bonchev–Trinajstić information content (AvgIpc) is 2.68. The van der Waals surface area contributed by atoms with Gasteiger partial charge in [0.15, 0.2) is 0 Å². The molecule has 0 spiro atoms. The van der Waals surface area contributed by atoms with Crippen molar-refractivity contribution in [3.63, 3.8) is 0 Å². The zero-order chi connectivity index (χ0) is 19.4. The van der Waals surface area contributed by atoms with Crippen LogP contribution in [0.3, 0.4) is 0 Å². The predicted molar refractivity (Wildman–Crippen MR) is 125 cm³/mol. The van der Waals surface area contributed by atoms with Crippen molar-refractivity contribution in [2.24, 2.45) is 0 Å². The first-order valence-electron chi connectivity index (χ1n) is 11.5. The van der Waals surface area contributed by atoms with Crippen LogP contribution in [0.1, 0.15) is 84.0 Å². The molecule has 0 fully saturated rings. The molecular weight excluding hydrogens is 342 g/mol. The molecule has 2 aromatic rings. The average molecular weight is 386 g/mol. The lowest BCUT2D eigenvalue weighted by Crippen LogP contribution is -2.41. The van der Waals surface area contributed by atoms with Gasteiger partial charge in [0.1, 0.15) is 5.69 Å². The van der Waals surface area contributed by atoms with Crippen LogP contribution in [-0.4, -0.2) is 26.1 Å². The molecule has 2 rings (SSSR count). The Balaban J connectivity index is 0.00000392. The van der Waals surface area contributed by atoms with Crippen LogP contribution in [0.4, 0.5) is 5.69 Å². The summed E-state index contributed by atoms with van der Waals surface area (Å²) in [6, 6.07) is 15.5. The van der Waals surface area contributed by atoms with E-state index in [-0.39, 0.29) is 5.48 Å². The zero-order valence-corrected chi connectivity index (χ0v) is 18.6. The van der Waals surface area contributed by atoms with Crippen LogP contribution < -0.4 is 4.48 Å². The number of rotatable bonds is 14. The summed E-state index contributed by atoms with van der Waals surface area (Å²) in [4.78, 5) is 0. The molecular formula is C26H43NO. The highest BCUT2D eigenvalue weighted by Crippen LogP contribution is 2.30. The molecule has 0 amide bonds. The normalized spacial score (nSPS) is 11.5. The number of benzene rings is 2. The Morgan fingerprint density at radius 2 is 1.11 bits per heavy atom. The lowest BCUT2D eigenvalue weighted by Gasteiger charge is -2.30. The van der Waals surface area contributed by atoms with Crippen molar-refractivity contribution in [1.82, 2.24) is 4.48 Å². The van der Waals surface area contributed by atoms with Gasteiger partial charge in [0.2, 0.25) is 0 Å². The summed E-state index contributed by atoms with van der Waals surface area (Å²) in [7, 11) is 4.72. The van der Waals surface area contributed by atoms with E-state index in [1.165, 1.54) is 100 Å². The summed E-state index contributed by atoms with van der Waals surface area (Å²) in [5.41, 5.74) is 1.45. The summed E-state index contributed by atoms with van der Waals surface area (Å²) in [6.45, 7) is 3.52. The van der Waals surface area contributed by atoms with E-state index in [2.05, 4.69) is 63.5 Å². The maximum absolute atomic E-state index is 2.36. The fourth-order valence-electron chi connectivity index (χ4n) is 4.20. The molecule has 0 unspecified atom stereocenters. The molecule has 0 saturated heterocycles. The molecule has 0 aliphatic heterocycles. The summed E-state index contributed by atoms with van der Waals surface area (Å²) >= 11 is 0. The Morgan fingerprint density at radius 1 is 0.607 bits per heavy atom. The molecule has 0 saturated carbocycles. The zero-order valence-electron chi connectivity index (χ0n) is 18.6. The third-order valence-corrected chi connectivity index (χ3v) is 5.99. The van der Waals surface area contributed by atoms with Gasteiger partial charge in [0.25, 0.3) is 0 Å². The summed E-state index contributed by atoms with van der Waals surface area (Å²) < 4.78 is 0.985. The Kier molecular flexibility index (Phi) is 12.1. The van der Waals surface area contributed by atoms with Gasteiger partial charge in [0, 0.05) is 5.39 Å². The smallest absolute Gasteiger partial charge is 0.140 e. The van der Waals surface area contributed by atoms with E-state index < -0.39 is 0 Å². The standard InChI is InChI=1S/C26H42N.H2O/c1-4-5-6-7-8-9-10-11-12-13-14-17-23-27(2,3)26-22-18-20-24-19-15-16-21-25(24)26;/h15-16,18-22H,4-14,17,23H2,1-3H3;1H2/q+1;/p-1. The molecule has 0 aromatic heterocycles. The van der Waals surface area contributed by atoms with Crippen molar-refractivity contribution in [2.45, 2.75) is 84.0 Å². The van der Waals surface area contributed by atoms with Gasteiger partial charge in [-0.15, -0.1) is 0 Å². The van der Waals surface area contributed by atoms with Gasteiger partial charge in [-0.2, -0.15) is 0 Å². The number of fused-ring (bicyclic) bond motifs is 1. The molecule has 2 nitrogen and oxygen atoms in total. The minimum atomic E-state index is 0. The molecule has 2 heteroatoms. The molecule has 1 N–H and O–H groups in total. The molecule has 28 heavy (non-hydrogen) atoms. The van der Waals surface area contributed by atoms with E-state index in [1.807, 2.05) is 0 Å². The van der Waals surface area contributed by atoms with Gasteiger partial charge in [0.05, 0.1) is 20.6 Å². The lowest BCUT2D eigenvalue weighted by atomic mass is 10.0. The fraction of sp³-hybridized carbons (Fsp3) is 0.615. The maximum Gasteiger partial charge on any atom is 0.140 e. The second-order valence-electron chi connectivity index (χ2n) is 8.80. The van der Waals surface area contributed by atoms with Crippen molar-refractivity contribution in [3.05, 3.63) is 42.5 Å². The predicted octanol–water partition coefficient (Wildman–Crippen LogP) is 7.93. The van der Waals surface area contributed by atoms with Crippen LogP contribution in [0, 0.1) is 0 Å². The second kappa shape index (κ2) is 13.7. The van der Waals surface area contributed by atoms with Gasteiger partial charge in [-0.25, -0.2) is 0 Å². The van der Waals surface area contributed by atoms with E-state index in [4.69, 9.17) is 0 Å². The first-order chi connectivity index (χ1) is 13.1. The number of hydrogen-bond donors (Lipinski definition) is 0. The van der Waals surface area contributed by atoms with Crippen LogP contribution in [0.25, 0.3) is 10.8 Å². The largest absolute Gasteiger partial charge is 0.870 e. The minimum Gasteiger partial charge on any atom is -0.870 e. The lowest BCUT2D eigenvalue weighted by molar-refractivity contribution is 0.383. The van der Waals surface area contributed by atoms with Crippen LogP contribution in [0.5, 0.6) is 0 Å². The Labute approximate surface area is 173 Å². The Bertz CT molecular complexity index is 644. The van der Waals surface area contributed by atoms with Gasteiger partial charge in [-0.3, -0.25) is 4.48 Å². The van der Waals surface area contributed by atoms with Crippen LogP contribution >= 0.6 is 0 Å². The Hall–Kier alpha value is -1.38. The monoisotopic (exact) mass is 385 g/mol. The topological polar surface area (TPSA) is 30.0 Å². The van der Waals surface area contributed by atoms with Gasteiger partial charge in [-0.05, 0) is 30.4 Å². The van der Waals surface area contributed by atoms with Crippen molar-refractivity contribution in [2.75, 3.05) is 20.6 Å². The molecule has 158 valence electrons. The van der Waals surface area contributed by atoms with E-state index in [1.54, 1.807) is 0 Å². The molecule has 0 atom stereocenters. The van der Waals surface area contributed by atoms with Crippen molar-refractivity contribution in [3.8, 4) is 0 Å². The summed E-state index contributed by atoms with van der Waals surface area (Å²) in [6.07, 6.45) is 17.0. The number of nitrogens with zero attached hydrogens (tertiary/aromatic N) is 1. The molecule has 0 aliphatic carbocycles. The van der Waals surface area contributed by atoms with Crippen LogP contribution in [-0.2, 0) is 0 Å². The third kappa shape index (κ3) is 8.32. The second-order valence-corrected chi connectivity index (χ2v) is 8.80. The number of quaternary nitrogens is 1. The summed E-state index contributed by atoms with van der Waals surface area (Å²) in [5, 5.41) is 2.76. The van der Waals surface area contributed by atoms with Crippen molar-refractivity contribution in [1.29, 1.82) is 0 Å². The van der Waals surface area contributed by atoms with Crippen molar-refractivity contribution >= 4 is 16.5 Å². The SMILES string of the molecule is CCCCCCCCCCCCCC[N+](C)(C)c1cccc2ccccc12.[OH-]. The Morgan fingerprint density at radius 3 is 1.71 bits per heavy atom. The highest BCUT2D eigenvalue weighted by Gasteiger charge is 2.20. The highest BCUT2D eigenvalue weighted by molar-refractivity contribution is 5.93. The summed E-state index contributed by atoms with van der Waals surface area (Å²) in [5.74, 6) is 0.